The van der Waals surface area contributed by atoms with E-state index in [1.807, 2.05) is 18.2 Å². The third kappa shape index (κ3) is 2.23. The van der Waals surface area contributed by atoms with Gasteiger partial charge in [-0.25, -0.2) is 8.42 Å². The van der Waals surface area contributed by atoms with Gasteiger partial charge in [0.25, 0.3) is 10.0 Å². The zero-order valence-corrected chi connectivity index (χ0v) is 12.3. The molecule has 1 heterocycles. The molecule has 1 aromatic carbocycles. The molecule has 0 aliphatic carbocycles. The number of anilines is 1. The lowest BCUT2D eigenvalue weighted by Crippen LogP contribution is -2.27. The van der Waals surface area contributed by atoms with Crippen molar-refractivity contribution in [2.45, 2.75) is 18.7 Å². The van der Waals surface area contributed by atoms with E-state index in [1.165, 1.54) is 4.31 Å². The van der Waals surface area contributed by atoms with E-state index in [4.69, 9.17) is 0 Å². The van der Waals surface area contributed by atoms with Crippen LogP contribution < -0.4 is 4.31 Å². The smallest absolute Gasteiger partial charge is 0.267 e. The number of aromatic nitrogens is 2. The third-order valence-electron chi connectivity index (χ3n) is 3.18. The Hall–Kier alpha value is -1.82. The van der Waals surface area contributed by atoms with Gasteiger partial charge >= 0.3 is 0 Å². The summed E-state index contributed by atoms with van der Waals surface area (Å²) in [5.74, 6) is 0. The lowest BCUT2D eigenvalue weighted by Gasteiger charge is -2.19. The van der Waals surface area contributed by atoms with Crippen LogP contribution in [0.25, 0.3) is 0 Å². The standard InChI is InChI=1S/C13H17N3O2S/c1-10-13(11(2)15(3)14-10)19(17,18)16(4)12-8-6-5-7-9-12/h5-9H,1-4H3. The Morgan fingerprint density at radius 1 is 1.16 bits per heavy atom. The van der Waals surface area contributed by atoms with Crippen LogP contribution in [0.4, 0.5) is 5.69 Å². The van der Waals surface area contributed by atoms with Gasteiger partial charge in [0.15, 0.2) is 0 Å². The van der Waals surface area contributed by atoms with E-state index < -0.39 is 10.0 Å². The van der Waals surface area contributed by atoms with Crippen LogP contribution in [0.3, 0.4) is 0 Å². The molecule has 0 amide bonds. The van der Waals surface area contributed by atoms with Crippen LogP contribution in [0, 0.1) is 13.8 Å². The number of aryl methyl sites for hydroxylation is 2. The van der Waals surface area contributed by atoms with Crippen LogP contribution in [-0.2, 0) is 17.1 Å². The molecule has 0 aliphatic rings. The molecule has 2 rings (SSSR count). The zero-order valence-electron chi connectivity index (χ0n) is 11.5. The van der Waals surface area contributed by atoms with E-state index in [-0.39, 0.29) is 4.90 Å². The van der Waals surface area contributed by atoms with E-state index >= 15 is 0 Å². The fraction of sp³-hybridized carbons (Fsp3) is 0.308. The summed E-state index contributed by atoms with van der Waals surface area (Å²) in [6.07, 6.45) is 0. The maximum atomic E-state index is 12.7. The third-order valence-corrected chi connectivity index (χ3v) is 5.22. The van der Waals surface area contributed by atoms with Crippen molar-refractivity contribution >= 4 is 15.7 Å². The first-order valence-electron chi connectivity index (χ1n) is 5.90. The normalized spacial score (nSPS) is 11.6. The predicted molar refractivity (Wildman–Crippen MR) is 74.7 cm³/mol. The molecule has 6 heteroatoms. The molecule has 0 radical (unpaired) electrons. The Bertz CT molecular complexity index is 690. The maximum absolute atomic E-state index is 12.7. The van der Waals surface area contributed by atoms with Crippen molar-refractivity contribution < 1.29 is 8.42 Å². The van der Waals surface area contributed by atoms with Crippen LogP contribution >= 0.6 is 0 Å². The molecule has 0 saturated heterocycles. The van der Waals surface area contributed by atoms with Crippen molar-refractivity contribution in [3.05, 3.63) is 41.7 Å². The molecule has 0 atom stereocenters. The van der Waals surface area contributed by atoms with Gasteiger partial charge in [-0.15, -0.1) is 0 Å². The molecule has 0 bridgehead atoms. The van der Waals surface area contributed by atoms with Crippen LogP contribution in [0.2, 0.25) is 0 Å². The summed E-state index contributed by atoms with van der Waals surface area (Å²) in [4.78, 5) is 0.279. The molecule has 19 heavy (non-hydrogen) atoms. The molecule has 0 aliphatic heterocycles. The van der Waals surface area contributed by atoms with Gasteiger partial charge in [0.1, 0.15) is 4.90 Å². The summed E-state index contributed by atoms with van der Waals surface area (Å²) in [5.41, 5.74) is 1.79. The molecule has 0 N–H and O–H groups in total. The first kappa shape index (κ1) is 13.6. The van der Waals surface area contributed by atoms with Crippen LogP contribution in [0.15, 0.2) is 35.2 Å². The molecule has 2 aromatic rings. The summed E-state index contributed by atoms with van der Waals surface area (Å²) in [7, 11) is -0.290. The summed E-state index contributed by atoms with van der Waals surface area (Å²) in [6.45, 7) is 3.46. The van der Waals surface area contributed by atoms with E-state index in [0.29, 0.717) is 17.1 Å². The molecule has 0 saturated carbocycles. The lowest BCUT2D eigenvalue weighted by molar-refractivity contribution is 0.593. The van der Waals surface area contributed by atoms with E-state index in [9.17, 15) is 8.42 Å². The minimum Gasteiger partial charge on any atom is -0.271 e. The monoisotopic (exact) mass is 279 g/mol. The highest BCUT2D eigenvalue weighted by molar-refractivity contribution is 7.92. The van der Waals surface area contributed by atoms with Crippen LogP contribution in [-0.4, -0.2) is 25.2 Å². The van der Waals surface area contributed by atoms with Crippen LogP contribution in [0.1, 0.15) is 11.4 Å². The second-order valence-electron chi connectivity index (χ2n) is 4.43. The number of hydrogen-bond acceptors (Lipinski definition) is 3. The summed E-state index contributed by atoms with van der Waals surface area (Å²) in [6, 6.07) is 9.00. The second kappa shape index (κ2) is 4.70. The fourth-order valence-corrected chi connectivity index (χ4v) is 3.63. The molecule has 0 unspecified atom stereocenters. The average Bonchev–Trinajstić information content (AvgIpc) is 2.63. The van der Waals surface area contributed by atoms with Crippen molar-refractivity contribution in [1.29, 1.82) is 0 Å². The quantitative estimate of drug-likeness (QED) is 0.861. The number of nitrogens with zero attached hydrogens (tertiary/aromatic N) is 3. The van der Waals surface area contributed by atoms with Crippen molar-refractivity contribution in [2.24, 2.45) is 7.05 Å². The number of benzene rings is 1. The predicted octanol–water partition coefficient (Wildman–Crippen LogP) is 1.86. The summed E-state index contributed by atoms with van der Waals surface area (Å²) >= 11 is 0. The number of para-hydroxylation sites is 1. The minimum atomic E-state index is -3.58. The summed E-state index contributed by atoms with van der Waals surface area (Å²) in [5, 5.41) is 4.16. The Balaban J connectivity index is 2.55. The first-order valence-corrected chi connectivity index (χ1v) is 7.34. The maximum Gasteiger partial charge on any atom is 0.267 e. The van der Waals surface area contributed by atoms with Gasteiger partial charge in [-0.1, -0.05) is 18.2 Å². The highest BCUT2D eigenvalue weighted by Crippen LogP contribution is 2.25. The van der Waals surface area contributed by atoms with Gasteiger partial charge in [-0.05, 0) is 26.0 Å². The molecule has 0 spiro atoms. The number of rotatable bonds is 3. The first-order chi connectivity index (χ1) is 8.85. The fourth-order valence-electron chi connectivity index (χ4n) is 2.04. The molecular formula is C13H17N3O2S. The molecule has 5 nitrogen and oxygen atoms in total. The highest BCUT2D eigenvalue weighted by Gasteiger charge is 2.28. The van der Waals surface area contributed by atoms with Crippen LogP contribution in [0.5, 0.6) is 0 Å². The van der Waals surface area contributed by atoms with Gasteiger partial charge in [-0.2, -0.15) is 5.10 Å². The lowest BCUT2D eigenvalue weighted by atomic mass is 10.3. The minimum absolute atomic E-state index is 0.279. The topological polar surface area (TPSA) is 55.2 Å². The number of sulfonamides is 1. The SMILES string of the molecule is Cc1nn(C)c(C)c1S(=O)(=O)N(C)c1ccccc1. The Labute approximate surface area is 113 Å². The van der Waals surface area contributed by atoms with E-state index in [2.05, 4.69) is 5.10 Å². The number of hydrogen-bond donors (Lipinski definition) is 0. The summed E-state index contributed by atoms with van der Waals surface area (Å²) < 4.78 is 28.2. The zero-order chi connectivity index (χ0) is 14.2. The largest absolute Gasteiger partial charge is 0.271 e. The van der Waals surface area contributed by atoms with Gasteiger partial charge in [0, 0.05) is 14.1 Å². The second-order valence-corrected chi connectivity index (χ2v) is 6.34. The Morgan fingerprint density at radius 2 is 1.74 bits per heavy atom. The van der Waals surface area contributed by atoms with E-state index in [1.54, 1.807) is 44.8 Å². The average molecular weight is 279 g/mol. The highest BCUT2D eigenvalue weighted by atomic mass is 32.2. The molecule has 0 fully saturated rings. The van der Waals surface area contributed by atoms with Crippen molar-refractivity contribution in [2.75, 3.05) is 11.4 Å². The van der Waals surface area contributed by atoms with E-state index in [0.717, 1.165) is 0 Å². The van der Waals surface area contributed by atoms with Gasteiger partial charge in [-0.3, -0.25) is 8.99 Å². The Kier molecular flexibility index (Phi) is 3.36. The van der Waals surface area contributed by atoms with Gasteiger partial charge < -0.3 is 0 Å². The Morgan fingerprint density at radius 3 is 2.21 bits per heavy atom. The molecule has 1 aromatic heterocycles. The van der Waals surface area contributed by atoms with Crippen molar-refractivity contribution in [1.82, 2.24) is 9.78 Å². The van der Waals surface area contributed by atoms with Gasteiger partial charge in [0.05, 0.1) is 17.1 Å². The van der Waals surface area contributed by atoms with Gasteiger partial charge in [0.2, 0.25) is 0 Å². The molecule has 102 valence electrons. The van der Waals surface area contributed by atoms with Crippen molar-refractivity contribution in [3.63, 3.8) is 0 Å². The van der Waals surface area contributed by atoms with Crippen molar-refractivity contribution in [3.8, 4) is 0 Å². The molecular weight excluding hydrogens is 262 g/mol.